The molecule has 0 saturated carbocycles. The topological polar surface area (TPSA) is 29.1 Å². The summed E-state index contributed by atoms with van der Waals surface area (Å²) in [5.74, 6) is 0.138. The molecule has 3 heteroatoms. The molecule has 1 atom stereocenters. The summed E-state index contributed by atoms with van der Waals surface area (Å²) in [5.41, 5.74) is 4.48. The lowest BCUT2D eigenvalue weighted by Gasteiger charge is -2.36. The van der Waals surface area contributed by atoms with Crippen molar-refractivity contribution in [1.29, 1.82) is 0 Å². The van der Waals surface area contributed by atoms with E-state index in [4.69, 9.17) is 0 Å². The number of rotatable bonds is 6. The van der Waals surface area contributed by atoms with Crippen molar-refractivity contribution in [2.45, 2.75) is 53.5 Å². The van der Waals surface area contributed by atoms with E-state index in [1.54, 1.807) is 0 Å². The standard InChI is InChI=1S/C18H30N2O/c1-8-10-16(20(6,7)9-2)18(21)19-17-14(4)11-13(3)12-15(17)5/h11-12,16H,8-10H2,1-7H3/p+1. The summed E-state index contributed by atoms with van der Waals surface area (Å²) in [7, 11) is 4.27. The maximum Gasteiger partial charge on any atom is 0.282 e. The van der Waals surface area contributed by atoms with Gasteiger partial charge in [0.05, 0.1) is 20.6 Å². The highest BCUT2D eigenvalue weighted by molar-refractivity contribution is 5.95. The summed E-state index contributed by atoms with van der Waals surface area (Å²) < 4.78 is 0.726. The zero-order valence-corrected chi connectivity index (χ0v) is 14.7. The molecule has 1 N–H and O–H groups in total. The molecule has 0 radical (unpaired) electrons. The lowest BCUT2D eigenvalue weighted by Crippen LogP contribution is -2.54. The van der Waals surface area contributed by atoms with Gasteiger partial charge in [0.1, 0.15) is 0 Å². The zero-order valence-electron chi connectivity index (χ0n) is 14.7. The number of nitrogens with zero attached hydrogens (tertiary/aromatic N) is 1. The first-order valence-electron chi connectivity index (χ1n) is 7.94. The summed E-state index contributed by atoms with van der Waals surface area (Å²) in [4.78, 5) is 12.8. The number of carbonyl (C=O) groups excluding carboxylic acids is 1. The summed E-state index contributed by atoms with van der Waals surface area (Å²) in [6.45, 7) is 11.4. The van der Waals surface area contributed by atoms with E-state index < -0.39 is 0 Å². The Morgan fingerprint density at radius 1 is 1.14 bits per heavy atom. The lowest BCUT2D eigenvalue weighted by molar-refractivity contribution is -0.904. The average molecular weight is 291 g/mol. The number of aryl methyl sites for hydroxylation is 3. The number of amides is 1. The molecule has 0 saturated heterocycles. The number of benzene rings is 1. The van der Waals surface area contributed by atoms with E-state index in [1.165, 1.54) is 5.56 Å². The van der Waals surface area contributed by atoms with Crippen molar-refractivity contribution >= 4 is 11.6 Å². The molecule has 0 aliphatic rings. The Labute approximate surface area is 129 Å². The lowest BCUT2D eigenvalue weighted by atomic mass is 10.0. The SMILES string of the molecule is CCCC(C(=O)Nc1c(C)cc(C)cc1C)[N+](C)(C)CC. The maximum absolute atomic E-state index is 12.8. The molecule has 1 aromatic carbocycles. The third-order valence-electron chi connectivity index (χ3n) is 4.45. The number of anilines is 1. The molecule has 0 aromatic heterocycles. The Kier molecular flexibility index (Phi) is 5.97. The second-order valence-corrected chi connectivity index (χ2v) is 6.66. The summed E-state index contributed by atoms with van der Waals surface area (Å²) >= 11 is 0. The molecular weight excluding hydrogens is 260 g/mol. The van der Waals surface area contributed by atoms with Gasteiger partial charge in [0, 0.05) is 12.1 Å². The van der Waals surface area contributed by atoms with Crippen LogP contribution in [-0.4, -0.2) is 37.1 Å². The van der Waals surface area contributed by atoms with Gasteiger partial charge in [0.15, 0.2) is 6.04 Å². The van der Waals surface area contributed by atoms with Crippen LogP contribution in [0.15, 0.2) is 12.1 Å². The molecule has 1 rings (SSSR count). The molecule has 118 valence electrons. The van der Waals surface area contributed by atoms with Crippen molar-refractivity contribution < 1.29 is 9.28 Å². The van der Waals surface area contributed by atoms with Gasteiger partial charge in [-0.05, 0) is 45.2 Å². The minimum Gasteiger partial charge on any atom is -0.320 e. The number of hydrogen-bond acceptors (Lipinski definition) is 1. The molecule has 0 heterocycles. The Morgan fingerprint density at radius 3 is 2.10 bits per heavy atom. The van der Waals surface area contributed by atoms with E-state index in [9.17, 15) is 4.79 Å². The Hall–Kier alpha value is -1.35. The molecule has 0 aliphatic heterocycles. The minimum atomic E-state index is 0.0000954. The van der Waals surface area contributed by atoms with E-state index >= 15 is 0 Å². The van der Waals surface area contributed by atoms with Gasteiger partial charge in [-0.1, -0.05) is 24.6 Å². The van der Waals surface area contributed by atoms with Gasteiger partial charge < -0.3 is 9.80 Å². The molecule has 21 heavy (non-hydrogen) atoms. The van der Waals surface area contributed by atoms with Crippen molar-refractivity contribution in [3.63, 3.8) is 0 Å². The smallest absolute Gasteiger partial charge is 0.282 e. The van der Waals surface area contributed by atoms with Gasteiger partial charge in [-0.25, -0.2) is 0 Å². The number of carbonyl (C=O) groups is 1. The number of hydrogen-bond donors (Lipinski definition) is 1. The van der Waals surface area contributed by atoms with E-state index in [1.807, 2.05) is 0 Å². The fraction of sp³-hybridized carbons (Fsp3) is 0.611. The molecule has 3 nitrogen and oxygen atoms in total. The van der Waals surface area contributed by atoms with E-state index in [0.717, 1.165) is 40.7 Å². The van der Waals surface area contributed by atoms with Crippen LogP contribution in [0.4, 0.5) is 5.69 Å². The summed E-state index contributed by atoms with van der Waals surface area (Å²) in [6, 6.07) is 4.24. The molecule has 0 spiro atoms. The van der Waals surface area contributed by atoms with E-state index in [-0.39, 0.29) is 11.9 Å². The first-order valence-corrected chi connectivity index (χ1v) is 7.94. The van der Waals surface area contributed by atoms with Gasteiger partial charge in [-0.2, -0.15) is 0 Å². The summed E-state index contributed by atoms with van der Waals surface area (Å²) in [5, 5.41) is 3.18. The molecule has 0 fully saturated rings. The fourth-order valence-electron chi connectivity index (χ4n) is 2.88. The Balaban J connectivity index is 3.03. The van der Waals surface area contributed by atoms with Crippen LogP contribution < -0.4 is 5.32 Å². The highest BCUT2D eigenvalue weighted by atomic mass is 16.2. The fourth-order valence-corrected chi connectivity index (χ4v) is 2.88. The summed E-state index contributed by atoms with van der Waals surface area (Å²) in [6.07, 6.45) is 1.93. The van der Waals surface area contributed by atoms with Crippen molar-refractivity contribution in [2.75, 3.05) is 26.0 Å². The van der Waals surface area contributed by atoms with Crippen LogP contribution in [0.2, 0.25) is 0 Å². The van der Waals surface area contributed by atoms with Crippen molar-refractivity contribution in [3.8, 4) is 0 Å². The maximum atomic E-state index is 12.8. The molecule has 1 aromatic rings. The molecule has 1 unspecified atom stereocenters. The predicted molar refractivity (Wildman–Crippen MR) is 90.6 cm³/mol. The van der Waals surface area contributed by atoms with Gasteiger partial charge in [0.25, 0.3) is 5.91 Å². The number of likely N-dealkylation sites (N-methyl/N-ethyl adjacent to an activating group) is 1. The van der Waals surface area contributed by atoms with E-state index in [2.05, 4.69) is 66.2 Å². The third-order valence-corrected chi connectivity index (χ3v) is 4.45. The average Bonchev–Trinajstić information content (AvgIpc) is 2.39. The second-order valence-electron chi connectivity index (χ2n) is 6.66. The van der Waals surface area contributed by atoms with Crippen molar-refractivity contribution in [2.24, 2.45) is 0 Å². The van der Waals surface area contributed by atoms with Gasteiger partial charge in [-0.3, -0.25) is 4.79 Å². The van der Waals surface area contributed by atoms with Gasteiger partial charge in [0.2, 0.25) is 0 Å². The highest BCUT2D eigenvalue weighted by Gasteiger charge is 2.33. The van der Waals surface area contributed by atoms with Crippen LogP contribution in [-0.2, 0) is 4.79 Å². The highest BCUT2D eigenvalue weighted by Crippen LogP contribution is 2.23. The Morgan fingerprint density at radius 2 is 1.67 bits per heavy atom. The molecule has 0 aliphatic carbocycles. The molecule has 1 amide bonds. The predicted octanol–water partition coefficient (Wildman–Crippen LogP) is 3.82. The largest absolute Gasteiger partial charge is 0.320 e. The number of quaternary nitrogens is 1. The first-order chi connectivity index (χ1) is 9.72. The molecule has 0 bridgehead atoms. The van der Waals surface area contributed by atoms with Crippen LogP contribution in [0, 0.1) is 20.8 Å². The van der Waals surface area contributed by atoms with Crippen molar-refractivity contribution in [1.82, 2.24) is 0 Å². The van der Waals surface area contributed by atoms with Crippen LogP contribution in [0.5, 0.6) is 0 Å². The Bertz CT molecular complexity index is 483. The third kappa shape index (κ3) is 4.31. The van der Waals surface area contributed by atoms with Crippen LogP contribution in [0.25, 0.3) is 0 Å². The first kappa shape index (κ1) is 17.7. The number of nitrogens with one attached hydrogen (secondary N) is 1. The monoisotopic (exact) mass is 291 g/mol. The van der Waals surface area contributed by atoms with Gasteiger partial charge >= 0.3 is 0 Å². The second kappa shape index (κ2) is 7.08. The van der Waals surface area contributed by atoms with Crippen molar-refractivity contribution in [3.05, 3.63) is 28.8 Å². The molecular formula is C18H31N2O+. The van der Waals surface area contributed by atoms with Crippen LogP contribution in [0.1, 0.15) is 43.4 Å². The normalized spacial score (nSPS) is 13.1. The van der Waals surface area contributed by atoms with Gasteiger partial charge in [-0.15, -0.1) is 0 Å². The van der Waals surface area contributed by atoms with Crippen LogP contribution >= 0.6 is 0 Å². The van der Waals surface area contributed by atoms with E-state index in [0.29, 0.717) is 0 Å². The van der Waals surface area contributed by atoms with Crippen LogP contribution in [0.3, 0.4) is 0 Å². The minimum absolute atomic E-state index is 0.0000954. The quantitative estimate of drug-likeness (QED) is 0.793. The zero-order chi connectivity index (χ0) is 16.2.